The summed E-state index contributed by atoms with van der Waals surface area (Å²) < 4.78 is 0. The number of benzene rings is 1. The lowest BCUT2D eigenvalue weighted by Crippen LogP contribution is -2.55. The number of Topliss-reactive ketones (excluding diaryl/α,β-unsaturated/α-hetero) is 1. The Balaban J connectivity index is 2.04. The van der Waals surface area contributed by atoms with Gasteiger partial charge in [-0.15, -0.1) is 0 Å². The van der Waals surface area contributed by atoms with E-state index < -0.39 is 0 Å². The number of piperazine rings is 1. The monoisotopic (exact) mass is 260 g/mol. The van der Waals surface area contributed by atoms with Gasteiger partial charge in [-0.2, -0.15) is 0 Å². The molecule has 1 fully saturated rings. The SMILES string of the molecule is CCC1CN(C(C)C(=O)c2ccccc2)CCN1C. The molecular formula is C16H24N2O. The first kappa shape index (κ1) is 14.2. The quantitative estimate of drug-likeness (QED) is 0.776. The largest absolute Gasteiger partial charge is 0.301 e. The minimum Gasteiger partial charge on any atom is -0.301 e. The van der Waals surface area contributed by atoms with E-state index in [1.165, 1.54) is 0 Å². The molecule has 3 heteroatoms. The van der Waals surface area contributed by atoms with Crippen molar-refractivity contribution >= 4 is 5.78 Å². The number of ketones is 1. The highest BCUT2D eigenvalue weighted by atomic mass is 16.1. The summed E-state index contributed by atoms with van der Waals surface area (Å²) in [7, 11) is 2.18. The third kappa shape index (κ3) is 3.23. The maximum absolute atomic E-state index is 12.5. The summed E-state index contributed by atoms with van der Waals surface area (Å²) in [4.78, 5) is 17.2. The van der Waals surface area contributed by atoms with Crippen LogP contribution in [-0.4, -0.2) is 54.3 Å². The summed E-state index contributed by atoms with van der Waals surface area (Å²) in [5.74, 6) is 0.236. The predicted molar refractivity (Wildman–Crippen MR) is 78.5 cm³/mol. The van der Waals surface area contributed by atoms with Gasteiger partial charge in [0.1, 0.15) is 0 Å². The van der Waals surface area contributed by atoms with Crippen LogP contribution in [0.1, 0.15) is 30.6 Å². The zero-order valence-electron chi connectivity index (χ0n) is 12.2. The van der Waals surface area contributed by atoms with Crippen LogP contribution in [0.4, 0.5) is 0 Å². The first-order chi connectivity index (χ1) is 9.13. The van der Waals surface area contributed by atoms with E-state index in [9.17, 15) is 4.79 Å². The molecule has 2 atom stereocenters. The van der Waals surface area contributed by atoms with Crippen LogP contribution in [0.2, 0.25) is 0 Å². The van der Waals surface area contributed by atoms with E-state index >= 15 is 0 Å². The van der Waals surface area contributed by atoms with Gasteiger partial charge in [-0.3, -0.25) is 9.69 Å². The van der Waals surface area contributed by atoms with Gasteiger partial charge in [-0.05, 0) is 20.4 Å². The second-order valence-electron chi connectivity index (χ2n) is 5.44. The molecule has 1 heterocycles. The molecule has 2 unspecified atom stereocenters. The normalized spacial score (nSPS) is 23.2. The summed E-state index contributed by atoms with van der Waals surface area (Å²) in [5, 5.41) is 0. The fourth-order valence-corrected chi connectivity index (χ4v) is 2.77. The summed E-state index contributed by atoms with van der Waals surface area (Å²) in [6.45, 7) is 7.27. The van der Waals surface area contributed by atoms with E-state index in [1.54, 1.807) is 0 Å². The second kappa shape index (κ2) is 6.31. The Morgan fingerprint density at radius 1 is 1.32 bits per heavy atom. The molecule has 0 N–H and O–H groups in total. The van der Waals surface area contributed by atoms with Crippen molar-refractivity contribution in [1.82, 2.24) is 9.80 Å². The van der Waals surface area contributed by atoms with Crippen LogP contribution in [0.3, 0.4) is 0 Å². The molecule has 1 saturated heterocycles. The average molecular weight is 260 g/mol. The Kier molecular flexibility index (Phi) is 4.72. The molecule has 0 bridgehead atoms. The van der Waals surface area contributed by atoms with Gasteiger partial charge in [0.25, 0.3) is 0 Å². The third-order valence-electron chi connectivity index (χ3n) is 4.27. The Bertz CT molecular complexity index is 418. The zero-order valence-corrected chi connectivity index (χ0v) is 12.2. The van der Waals surface area contributed by atoms with Crippen molar-refractivity contribution in [2.24, 2.45) is 0 Å². The van der Waals surface area contributed by atoms with Gasteiger partial charge in [-0.1, -0.05) is 37.3 Å². The summed E-state index contributed by atoms with van der Waals surface area (Å²) in [5.41, 5.74) is 0.821. The van der Waals surface area contributed by atoms with Crippen LogP contribution in [-0.2, 0) is 0 Å². The first-order valence-electron chi connectivity index (χ1n) is 7.17. The topological polar surface area (TPSA) is 23.6 Å². The van der Waals surface area contributed by atoms with Crippen LogP contribution < -0.4 is 0 Å². The minimum absolute atomic E-state index is 0.0230. The molecule has 1 aliphatic rings. The molecule has 1 aromatic carbocycles. The Morgan fingerprint density at radius 2 is 2.00 bits per heavy atom. The van der Waals surface area contributed by atoms with Crippen molar-refractivity contribution in [3.63, 3.8) is 0 Å². The molecule has 0 aromatic heterocycles. The van der Waals surface area contributed by atoms with E-state index in [0.717, 1.165) is 31.6 Å². The number of hydrogen-bond acceptors (Lipinski definition) is 3. The highest BCUT2D eigenvalue weighted by Crippen LogP contribution is 2.16. The smallest absolute Gasteiger partial charge is 0.179 e. The third-order valence-corrected chi connectivity index (χ3v) is 4.27. The average Bonchev–Trinajstić information content (AvgIpc) is 2.47. The van der Waals surface area contributed by atoms with Gasteiger partial charge in [0.05, 0.1) is 6.04 Å². The van der Waals surface area contributed by atoms with Crippen LogP contribution in [0.15, 0.2) is 30.3 Å². The molecule has 1 aromatic rings. The van der Waals surface area contributed by atoms with Crippen molar-refractivity contribution in [1.29, 1.82) is 0 Å². The van der Waals surface area contributed by atoms with E-state index in [4.69, 9.17) is 0 Å². The summed E-state index contributed by atoms with van der Waals surface area (Å²) >= 11 is 0. The molecule has 19 heavy (non-hydrogen) atoms. The molecule has 3 nitrogen and oxygen atoms in total. The molecule has 1 aliphatic heterocycles. The molecule has 0 amide bonds. The van der Waals surface area contributed by atoms with Crippen LogP contribution in [0.5, 0.6) is 0 Å². The van der Waals surface area contributed by atoms with Gasteiger partial charge in [0.2, 0.25) is 0 Å². The fourth-order valence-electron chi connectivity index (χ4n) is 2.77. The summed E-state index contributed by atoms with van der Waals surface area (Å²) in [6, 6.07) is 10.2. The van der Waals surface area contributed by atoms with Crippen molar-refractivity contribution in [3.8, 4) is 0 Å². The molecule has 0 radical (unpaired) electrons. The van der Waals surface area contributed by atoms with E-state index in [-0.39, 0.29) is 11.8 Å². The number of rotatable bonds is 4. The van der Waals surface area contributed by atoms with E-state index in [2.05, 4.69) is 23.8 Å². The van der Waals surface area contributed by atoms with Crippen molar-refractivity contribution in [2.45, 2.75) is 32.4 Å². The van der Waals surface area contributed by atoms with Crippen LogP contribution in [0.25, 0.3) is 0 Å². The second-order valence-corrected chi connectivity index (χ2v) is 5.44. The number of carbonyl (C=O) groups excluding carboxylic acids is 1. The van der Waals surface area contributed by atoms with Gasteiger partial charge >= 0.3 is 0 Å². The summed E-state index contributed by atoms with van der Waals surface area (Å²) in [6.07, 6.45) is 1.14. The van der Waals surface area contributed by atoms with Crippen molar-refractivity contribution in [3.05, 3.63) is 35.9 Å². The number of hydrogen-bond donors (Lipinski definition) is 0. The Morgan fingerprint density at radius 3 is 2.63 bits per heavy atom. The fraction of sp³-hybridized carbons (Fsp3) is 0.562. The van der Waals surface area contributed by atoms with Gasteiger partial charge < -0.3 is 4.90 Å². The van der Waals surface area contributed by atoms with Crippen LogP contribution in [0, 0.1) is 0 Å². The number of carbonyl (C=O) groups is 1. The van der Waals surface area contributed by atoms with Crippen molar-refractivity contribution < 1.29 is 4.79 Å². The zero-order chi connectivity index (χ0) is 13.8. The maximum Gasteiger partial charge on any atom is 0.179 e. The highest BCUT2D eigenvalue weighted by molar-refractivity contribution is 5.99. The van der Waals surface area contributed by atoms with Gasteiger partial charge in [0, 0.05) is 31.2 Å². The lowest BCUT2D eigenvalue weighted by Gasteiger charge is -2.41. The lowest BCUT2D eigenvalue weighted by molar-refractivity contribution is 0.0553. The number of nitrogens with zero attached hydrogens (tertiary/aromatic N) is 2. The molecule has 0 aliphatic carbocycles. The van der Waals surface area contributed by atoms with Crippen LogP contribution >= 0.6 is 0 Å². The van der Waals surface area contributed by atoms with E-state index in [1.807, 2.05) is 37.3 Å². The molecule has 0 spiro atoms. The highest BCUT2D eigenvalue weighted by Gasteiger charge is 2.29. The van der Waals surface area contributed by atoms with Gasteiger partial charge in [-0.25, -0.2) is 0 Å². The first-order valence-corrected chi connectivity index (χ1v) is 7.17. The predicted octanol–water partition coefficient (Wildman–Crippen LogP) is 2.28. The minimum atomic E-state index is -0.0230. The van der Waals surface area contributed by atoms with Gasteiger partial charge in [0.15, 0.2) is 5.78 Å². The molecule has 2 rings (SSSR count). The lowest BCUT2D eigenvalue weighted by atomic mass is 10.0. The van der Waals surface area contributed by atoms with E-state index in [0.29, 0.717) is 6.04 Å². The Hall–Kier alpha value is -1.19. The number of likely N-dealkylation sites (N-methyl/N-ethyl adjacent to an activating group) is 1. The molecular weight excluding hydrogens is 236 g/mol. The van der Waals surface area contributed by atoms with Crippen molar-refractivity contribution in [2.75, 3.05) is 26.7 Å². The maximum atomic E-state index is 12.5. The standard InChI is InChI=1S/C16H24N2O/c1-4-15-12-18(11-10-17(15)3)13(2)16(19)14-8-6-5-7-9-14/h5-9,13,15H,4,10-12H2,1-3H3. The Labute approximate surface area is 116 Å². The molecule has 104 valence electrons. The molecule has 0 saturated carbocycles.